The Morgan fingerprint density at radius 3 is 1.87 bits per heavy atom. The van der Waals surface area contributed by atoms with Gasteiger partial charge in [-0.05, 0) is 58.2 Å². The van der Waals surface area contributed by atoms with Gasteiger partial charge in [0.05, 0.1) is 13.2 Å². The van der Waals surface area contributed by atoms with E-state index >= 15 is 0 Å². The average molecular weight is 359 g/mol. The van der Waals surface area contributed by atoms with Gasteiger partial charge in [-0.2, -0.15) is 0 Å². The van der Waals surface area contributed by atoms with Crippen molar-refractivity contribution in [2.24, 2.45) is 0 Å². The second kappa shape index (κ2) is 11.0. The Bertz CT molecular complexity index is 377. The quantitative estimate of drug-likeness (QED) is 0.174. The van der Waals surface area contributed by atoms with Crippen LogP contribution in [0.2, 0.25) is 39.3 Å². The van der Waals surface area contributed by atoms with Crippen molar-refractivity contribution in [2.45, 2.75) is 84.7 Å². The number of unbranched alkanes of at least 4 members (excludes halogenated alkanes) is 5. The Morgan fingerprint density at radius 2 is 1.39 bits per heavy atom. The molecule has 0 radical (unpaired) electrons. The van der Waals surface area contributed by atoms with Gasteiger partial charge >= 0.3 is 0 Å². The fraction of sp³-hybridized carbons (Fsp3) is 0.778. The lowest BCUT2D eigenvalue weighted by Crippen LogP contribution is -2.26. The molecule has 0 aromatic rings. The smallest absolute Gasteiger partial charge is 0.268 e. The fourth-order valence-corrected chi connectivity index (χ4v) is 3.62. The standard InChI is InChI=1S/C18H38O3Si2/c1-9-10-11-12-13-14-15-17(20-22(3,4)5)16-18(19-2)21-23(6,7)8/h15-16H,9-14H2,1-8H3/b17-15-,18-16-. The Labute approximate surface area is 146 Å². The molecule has 0 atom stereocenters. The lowest BCUT2D eigenvalue weighted by molar-refractivity contribution is 0.145. The van der Waals surface area contributed by atoms with Crippen molar-refractivity contribution in [3.05, 3.63) is 23.9 Å². The van der Waals surface area contributed by atoms with Crippen molar-refractivity contribution in [3.8, 4) is 0 Å². The van der Waals surface area contributed by atoms with Crippen LogP contribution in [-0.2, 0) is 13.6 Å². The maximum Gasteiger partial charge on any atom is 0.268 e. The molecule has 0 saturated carbocycles. The summed E-state index contributed by atoms with van der Waals surface area (Å²) in [7, 11) is -1.68. The first-order valence-corrected chi connectivity index (χ1v) is 15.7. The third-order valence-electron chi connectivity index (χ3n) is 2.95. The minimum Gasteiger partial charge on any atom is -0.544 e. The van der Waals surface area contributed by atoms with Crippen molar-refractivity contribution in [2.75, 3.05) is 7.11 Å². The molecule has 0 bridgehead atoms. The van der Waals surface area contributed by atoms with Crippen LogP contribution in [-0.4, -0.2) is 23.7 Å². The Hall–Kier alpha value is -0.686. The molecule has 0 amide bonds. The van der Waals surface area contributed by atoms with E-state index in [0.29, 0.717) is 5.95 Å². The zero-order valence-electron chi connectivity index (χ0n) is 16.6. The first kappa shape index (κ1) is 22.3. The van der Waals surface area contributed by atoms with Crippen LogP contribution >= 0.6 is 0 Å². The predicted octanol–water partition coefficient (Wildman–Crippen LogP) is 6.42. The van der Waals surface area contributed by atoms with Gasteiger partial charge in [-0.1, -0.05) is 32.6 Å². The lowest BCUT2D eigenvalue weighted by Gasteiger charge is -2.23. The highest BCUT2D eigenvalue weighted by atomic mass is 28.4. The Balaban J connectivity index is 4.84. The normalized spacial score (nSPS) is 13.9. The van der Waals surface area contributed by atoms with Gasteiger partial charge in [-0.3, -0.25) is 0 Å². The molecule has 23 heavy (non-hydrogen) atoms. The van der Waals surface area contributed by atoms with Crippen molar-refractivity contribution in [1.29, 1.82) is 0 Å². The van der Waals surface area contributed by atoms with E-state index in [0.717, 1.165) is 12.2 Å². The molecule has 0 fully saturated rings. The maximum absolute atomic E-state index is 6.19. The third-order valence-corrected chi connectivity index (χ3v) is 4.61. The van der Waals surface area contributed by atoms with Gasteiger partial charge in [0, 0.05) is 0 Å². The van der Waals surface area contributed by atoms with Gasteiger partial charge in [0.15, 0.2) is 0 Å². The molecule has 0 aromatic carbocycles. The van der Waals surface area contributed by atoms with Gasteiger partial charge in [0.2, 0.25) is 16.6 Å². The van der Waals surface area contributed by atoms with Crippen LogP contribution in [0.3, 0.4) is 0 Å². The van der Waals surface area contributed by atoms with Gasteiger partial charge < -0.3 is 13.6 Å². The van der Waals surface area contributed by atoms with Crippen molar-refractivity contribution < 1.29 is 13.6 Å². The molecule has 0 aromatic heterocycles. The molecule has 0 aliphatic heterocycles. The summed E-state index contributed by atoms with van der Waals surface area (Å²) >= 11 is 0. The van der Waals surface area contributed by atoms with Crippen LogP contribution < -0.4 is 0 Å². The zero-order chi connectivity index (χ0) is 17.9. The molecule has 0 heterocycles. The summed E-state index contributed by atoms with van der Waals surface area (Å²) in [4.78, 5) is 0. The lowest BCUT2D eigenvalue weighted by atomic mass is 10.1. The van der Waals surface area contributed by atoms with E-state index < -0.39 is 16.6 Å². The zero-order valence-corrected chi connectivity index (χ0v) is 18.6. The van der Waals surface area contributed by atoms with Crippen LogP contribution in [0.15, 0.2) is 23.9 Å². The summed E-state index contributed by atoms with van der Waals surface area (Å²) in [5.41, 5.74) is 0. The fourth-order valence-electron chi connectivity index (χ4n) is 2.02. The molecule has 0 unspecified atom stereocenters. The highest BCUT2D eigenvalue weighted by molar-refractivity contribution is 6.70. The monoisotopic (exact) mass is 358 g/mol. The van der Waals surface area contributed by atoms with Crippen molar-refractivity contribution in [3.63, 3.8) is 0 Å². The van der Waals surface area contributed by atoms with E-state index in [9.17, 15) is 0 Å². The first-order chi connectivity index (χ1) is 10.6. The molecule has 0 N–H and O–H groups in total. The number of rotatable bonds is 12. The number of hydrogen-bond donors (Lipinski definition) is 0. The van der Waals surface area contributed by atoms with Crippen LogP contribution in [0.5, 0.6) is 0 Å². The Morgan fingerprint density at radius 1 is 0.826 bits per heavy atom. The molecule has 3 nitrogen and oxygen atoms in total. The summed E-state index contributed by atoms with van der Waals surface area (Å²) in [6.07, 6.45) is 11.6. The largest absolute Gasteiger partial charge is 0.544 e. The maximum atomic E-state index is 6.19. The van der Waals surface area contributed by atoms with E-state index in [1.54, 1.807) is 7.11 Å². The SMILES string of the molecule is CCCCCCC/C=C(/C=C(/OC)O[Si](C)(C)C)O[Si](C)(C)C. The van der Waals surface area contributed by atoms with Crippen LogP contribution in [0.1, 0.15) is 45.4 Å². The molecule has 0 aliphatic rings. The summed E-state index contributed by atoms with van der Waals surface area (Å²) in [5.74, 6) is 1.47. The topological polar surface area (TPSA) is 27.7 Å². The van der Waals surface area contributed by atoms with Crippen LogP contribution in [0, 0.1) is 0 Å². The summed E-state index contributed by atoms with van der Waals surface area (Å²) in [5, 5.41) is 0. The van der Waals surface area contributed by atoms with Crippen LogP contribution in [0.25, 0.3) is 0 Å². The molecule has 0 saturated heterocycles. The average Bonchev–Trinajstić information content (AvgIpc) is 2.38. The number of methoxy groups -OCH3 is 1. The molecule has 136 valence electrons. The number of ether oxygens (including phenoxy) is 1. The second-order valence-electron chi connectivity index (χ2n) is 7.91. The van der Waals surface area contributed by atoms with Gasteiger partial charge in [-0.15, -0.1) is 0 Å². The van der Waals surface area contributed by atoms with E-state index in [4.69, 9.17) is 13.6 Å². The number of allylic oxidation sites excluding steroid dienone is 2. The van der Waals surface area contributed by atoms with Crippen molar-refractivity contribution in [1.82, 2.24) is 0 Å². The molecule has 5 heteroatoms. The predicted molar refractivity (Wildman–Crippen MR) is 105 cm³/mol. The highest BCUT2D eigenvalue weighted by Gasteiger charge is 2.21. The minimum atomic E-state index is -1.68. The molecular weight excluding hydrogens is 320 g/mol. The molecular formula is C18H38O3Si2. The second-order valence-corrected chi connectivity index (χ2v) is 16.8. The summed E-state index contributed by atoms with van der Waals surface area (Å²) < 4.78 is 17.6. The summed E-state index contributed by atoms with van der Waals surface area (Å²) in [6.45, 7) is 15.3. The molecule has 0 rings (SSSR count). The van der Waals surface area contributed by atoms with Gasteiger partial charge in [-0.25, -0.2) is 0 Å². The first-order valence-electron chi connectivity index (χ1n) is 8.91. The van der Waals surface area contributed by atoms with E-state index in [2.05, 4.69) is 52.3 Å². The molecule has 0 aliphatic carbocycles. The van der Waals surface area contributed by atoms with Crippen LogP contribution in [0.4, 0.5) is 0 Å². The summed E-state index contributed by atoms with van der Waals surface area (Å²) in [6, 6.07) is 0. The van der Waals surface area contributed by atoms with Crippen molar-refractivity contribution >= 4 is 16.6 Å². The van der Waals surface area contributed by atoms with Gasteiger partial charge in [0.25, 0.3) is 5.95 Å². The Kier molecular flexibility index (Phi) is 10.6. The van der Waals surface area contributed by atoms with Gasteiger partial charge in [0.1, 0.15) is 5.76 Å². The number of hydrogen-bond acceptors (Lipinski definition) is 3. The molecule has 0 spiro atoms. The van der Waals surface area contributed by atoms with E-state index in [1.165, 1.54) is 32.1 Å². The minimum absolute atomic E-state index is 0.569. The highest BCUT2D eigenvalue weighted by Crippen LogP contribution is 2.18. The van der Waals surface area contributed by atoms with E-state index in [1.807, 2.05) is 6.08 Å². The third kappa shape index (κ3) is 14.6. The van der Waals surface area contributed by atoms with E-state index in [-0.39, 0.29) is 0 Å².